The van der Waals surface area contributed by atoms with Crippen molar-refractivity contribution in [3.05, 3.63) is 35.1 Å². The number of amides is 2. The lowest BCUT2D eigenvalue weighted by Gasteiger charge is -2.28. The fraction of sp³-hybridized carbons (Fsp3) is 0.588. The molecule has 0 radical (unpaired) electrons. The van der Waals surface area contributed by atoms with Crippen molar-refractivity contribution in [3.8, 4) is 0 Å². The molecule has 0 spiro atoms. The van der Waals surface area contributed by atoms with E-state index in [1.165, 1.54) is 6.07 Å². The van der Waals surface area contributed by atoms with Gasteiger partial charge in [-0.3, -0.25) is 0 Å². The summed E-state index contributed by atoms with van der Waals surface area (Å²) in [5.41, 5.74) is 1.35. The summed E-state index contributed by atoms with van der Waals surface area (Å²) in [6.07, 6.45) is 3.54. The van der Waals surface area contributed by atoms with E-state index < -0.39 is 0 Å². The Hall–Kier alpha value is -1.62. The summed E-state index contributed by atoms with van der Waals surface area (Å²) in [5.74, 6) is -0.254. The lowest BCUT2D eigenvalue weighted by molar-refractivity contribution is -0.0369. The van der Waals surface area contributed by atoms with Crippen LogP contribution in [0.25, 0.3) is 0 Å². The van der Waals surface area contributed by atoms with E-state index >= 15 is 0 Å². The number of halogens is 1. The van der Waals surface area contributed by atoms with E-state index in [4.69, 9.17) is 4.74 Å². The molecule has 1 aliphatic rings. The van der Waals surface area contributed by atoms with E-state index in [-0.39, 0.29) is 30.1 Å². The number of benzene rings is 1. The lowest BCUT2D eigenvalue weighted by atomic mass is 10.1. The largest absolute Gasteiger partial charge is 0.373 e. The minimum atomic E-state index is -0.254. The summed E-state index contributed by atoms with van der Waals surface area (Å²) in [7, 11) is 0. The molecule has 1 heterocycles. The van der Waals surface area contributed by atoms with Crippen molar-refractivity contribution in [2.45, 2.75) is 58.3 Å². The first kappa shape index (κ1) is 16.7. The van der Waals surface area contributed by atoms with Crippen molar-refractivity contribution in [1.29, 1.82) is 0 Å². The van der Waals surface area contributed by atoms with Gasteiger partial charge in [-0.25, -0.2) is 9.18 Å². The monoisotopic (exact) mass is 308 g/mol. The van der Waals surface area contributed by atoms with Gasteiger partial charge in [0.25, 0.3) is 0 Å². The Labute approximate surface area is 131 Å². The molecular formula is C17H25FN2O2. The minimum absolute atomic E-state index is 0.0848. The number of hydrogen-bond acceptors (Lipinski definition) is 2. The predicted octanol–water partition coefficient (Wildman–Crippen LogP) is 3.45. The Kier molecular flexibility index (Phi) is 5.77. The zero-order chi connectivity index (χ0) is 16.1. The van der Waals surface area contributed by atoms with E-state index in [0.717, 1.165) is 24.8 Å². The lowest BCUT2D eigenvalue weighted by Crippen LogP contribution is -2.43. The standard InChI is InChI=1S/C17H25FN2O2/c1-11-7-8-14(9-16(11)18)13(3)20-17(21)19-10-15-6-4-5-12(2)22-15/h7-9,12-13,15H,4-6,10H2,1-3H3,(H2,19,20,21)/t12?,13-,15?/m1/s1. The second-order valence-corrected chi connectivity index (χ2v) is 6.08. The fourth-order valence-corrected chi connectivity index (χ4v) is 2.66. The van der Waals surface area contributed by atoms with Gasteiger partial charge in [-0.1, -0.05) is 12.1 Å². The van der Waals surface area contributed by atoms with Crippen LogP contribution in [0.3, 0.4) is 0 Å². The van der Waals surface area contributed by atoms with Gasteiger partial charge < -0.3 is 15.4 Å². The molecule has 122 valence electrons. The first-order chi connectivity index (χ1) is 10.5. The normalized spacial score (nSPS) is 22.9. The highest BCUT2D eigenvalue weighted by Gasteiger charge is 2.20. The fourth-order valence-electron chi connectivity index (χ4n) is 2.66. The van der Waals surface area contributed by atoms with Gasteiger partial charge in [0.2, 0.25) is 0 Å². The summed E-state index contributed by atoms with van der Waals surface area (Å²) in [6.45, 7) is 6.11. The van der Waals surface area contributed by atoms with Crippen molar-refractivity contribution in [2.24, 2.45) is 0 Å². The Balaban J connectivity index is 1.79. The summed E-state index contributed by atoms with van der Waals surface area (Å²) in [4.78, 5) is 11.9. The number of carbonyl (C=O) groups is 1. The third-order valence-corrected chi connectivity index (χ3v) is 4.10. The highest BCUT2D eigenvalue weighted by molar-refractivity contribution is 5.74. The van der Waals surface area contributed by atoms with Crippen LogP contribution in [0.2, 0.25) is 0 Å². The van der Waals surface area contributed by atoms with Gasteiger partial charge >= 0.3 is 6.03 Å². The van der Waals surface area contributed by atoms with Crippen molar-refractivity contribution in [3.63, 3.8) is 0 Å². The van der Waals surface area contributed by atoms with Crippen molar-refractivity contribution in [1.82, 2.24) is 10.6 Å². The molecule has 0 aliphatic carbocycles. The van der Waals surface area contributed by atoms with E-state index in [9.17, 15) is 9.18 Å². The van der Waals surface area contributed by atoms with Crippen LogP contribution < -0.4 is 10.6 Å². The molecule has 4 nitrogen and oxygen atoms in total. The smallest absolute Gasteiger partial charge is 0.315 e. The summed E-state index contributed by atoms with van der Waals surface area (Å²) >= 11 is 0. The molecule has 2 unspecified atom stereocenters. The molecule has 1 aromatic rings. The Morgan fingerprint density at radius 3 is 2.91 bits per heavy atom. The third-order valence-electron chi connectivity index (χ3n) is 4.10. The van der Waals surface area contributed by atoms with Gasteiger partial charge in [0.1, 0.15) is 5.82 Å². The Morgan fingerprint density at radius 1 is 1.45 bits per heavy atom. The molecule has 0 saturated carbocycles. The predicted molar refractivity (Wildman–Crippen MR) is 84.3 cm³/mol. The van der Waals surface area contributed by atoms with Crippen molar-refractivity contribution >= 4 is 6.03 Å². The molecule has 5 heteroatoms. The maximum absolute atomic E-state index is 13.6. The topological polar surface area (TPSA) is 50.4 Å². The van der Waals surface area contributed by atoms with E-state index in [0.29, 0.717) is 12.1 Å². The van der Waals surface area contributed by atoms with Crippen molar-refractivity contribution in [2.75, 3.05) is 6.54 Å². The quantitative estimate of drug-likeness (QED) is 0.895. The van der Waals surface area contributed by atoms with Crippen LogP contribution in [0, 0.1) is 12.7 Å². The first-order valence-electron chi connectivity index (χ1n) is 7.91. The van der Waals surface area contributed by atoms with Crippen LogP contribution in [-0.2, 0) is 4.74 Å². The van der Waals surface area contributed by atoms with E-state index in [1.54, 1.807) is 13.0 Å². The molecule has 1 aliphatic heterocycles. The summed E-state index contributed by atoms with van der Waals surface area (Å²) in [5, 5.41) is 5.65. The summed E-state index contributed by atoms with van der Waals surface area (Å²) < 4.78 is 19.3. The van der Waals surface area contributed by atoms with Gasteiger partial charge in [0.05, 0.1) is 18.2 Å². The molecule has 2 amide bonds. The number of rotatable bonds is 4. The molecule has 1 fully saturated rings. The molecule has 2 rings (SSSR count). The van der Waals surface area contributed by atoms with Gasteiger partial charge in [0.15, 0.2) is 0 Å². The second kappa shape index (κ2) is 7.58. The SMILES string of the molecule is Cc1ccc([C@@H](C)NC(=O)NCC2CCCC(C)O2)cc1F. The Bertz CT molecular complexity index is 521. The highest BCUT2D eigenvalue weighted by Crippen LogP contribution is 2.18. The first-order valence-corrected chi connectivity index (χ1v) is 7.91. The number of carbonyl (C=O) groups excluding carboxylic acids is 1. The van der Waals surface area contributed by atoms with Crippen LogP contribution >= 0.6 is 0 Å². The molecule has 0 aromatic heterocycles. The van der Waals surface area contributed by atoms with Crippen LogP contribution in [0.4, 0.5) is 9.18 Å². The van der Waals surface area contributed by atoms with E-state index in [1.807, 2.05) is 13.0 Å². The third kappa shape index (κ3) is 4.70. The molecule has 0 bridgehead atoms. The Morgan fingerprint density at radius 2 is 2.23 bits per heavy atom. The molecular weight excluding hydrogens is 283 g/mol. The molecule has 1 aromatic carbocycles. The van der Waals surface area contributed by atoms with Gasteiger partial charge in [-0.15, -0.1) is 0 Å². The number of nitrogens with one attached hydrogen (secondary N) is 2. The number of urea groups is 1. The van der Waals surface area contributed by atoms with Crippen LogP contribution in [-0.4, -0.2) is 24.8 Å². The number of aryl methyl sites for hydroxylation is 1. The maximum atomic E-state index is 13.6. The van der Waals surface area contributed by atoms with Crippen molar-refractivity contribution < 1.29 is 13.9 Å². The average molecular weight is 308 g/mol. The second-order valence-electron chi connectivity index (χ2n) is 6.08. The summed E-state index contributed by atoms with van der Waals surface area (Å²) in [6, 6.07) is 4.51. The maximum Gasteiger partial charge on any atom is 0.315 e. The number of hydrogen-bond donors (Lipinski definition) is 2. The number of ether oxygens (including phenoxy) is 1. The average Bonchev–Trinajstić information content (AvgIpc) is 2.48. The molecule has 3 atom stereocenters. The molecule has 1 saturated heterocycles. The van der Waals surface area contributed by atoms with Crippen LogP contribution in [0.5, 0.6) is 0 Å². The van der Waals surface area contributed by atoms with Crippen LogP contribution in [0.15, 0.2) is 18.2 Å². The molecule has 22 heavy (non-hydrogen) atoms. The molecule has 2 N–H and O–H groups in total. The van der Waals surface area contributed by atoms with Gasteiger partial charge in [-0.2, -0.15) is 0 Å². The highest BCUT2D eigenvalue weighted by atomic mass is 19.1. The van der Waals surface area contributed by atoms with Gasteiger partial charge in [0, 0.05) is 6.54 Å². The minimum Gasteiger partial charge on any atom is -0.373 e. The van der Waals surface area contributed by atoms with E-state index in [2.05, 4.69) is 17.6 Å². The zero-order valence-electron chi connectivity index (χ0n) is 13.5. The van der Waals surface area contributed by atoms with Gasteiger partial charge in [-0.05, 0) is 57.2 Å². The zero-order valence-corrected chi connectivity index (χ0v) is 13.5. The van der Waals surface area contributed by atoms with Crippen LogP contribution in [0.1, 0.15) is 50.3 Å².